The highest BCUT2D eigenvalue weighted by Gasteiger charge is 2.21. The Bertz CT molecular complexity index is 718. The zero-order valence-electron chi connectivity index (χ0n) is 18.4. The minimum absolute atomic E-state index is 0.0611. The first-order chi connectivity index (χ1) is 14.5. The molecule has 1 aliphatic heterocycles. The number of ether oxygens (including phenoxy) is 1. The maximum atomic E-state index is 12.7. The van der Waals surface area contributed by atoms with Crippen LogP contribution in [-0.4, -0.2) is 68.0 Å². The summed E-state index contributed by atoms with van der Waals surface area (Å²) in [6.07, 6.45) is 8.03. The van der Waals surface area contributed by atoms with E-state index in [1.807, 2.05) is 0 Å². The van der Waals surface area contributed by atoms with Gasteiger partial charge in [0.25, 0.3) is 0 Å². The summed E-state index contributed by atoms with van der Waals surface area (Å²) in [6.45, 7) is 7.06. The molecule has 2 amide bonds. The van der Waals surface area contributed by atoms with Gasteiger partial charge in [-0.05, 0) is 56.5 Å². The number of carbonyl (C=O) groups excluding carboxylic acids is 2. The van der Waals surface area contributed by atoms with Crippen molar-refractivity contribution in [1.82, 2.24) is 9.80 Å². The first-order valence-corrected chi connectivity index (χ1v) is 11.2. The van der Waals surface area contributed by atoms with Crippen LogP contribution in [0.3, 0.4) is 0 Å². The minimum Gasteiger partial charge on any atom is -0.495 e. The largest absolute Gasteiger partial charge is 0.495 e. The zero-order chi connectivity index (χ0) is 21.3. The van der Waals surface area contributed by atoms with Crippen molar-refractivity contribution in [3.63, 3.8) is 0 Å². The maximum Gasteiger partial charge on any atom is 0.238 e. The molecule has 2 N–H and O–H groups in total. The molecule has 3 rings (SSSR count). The number of hydrogen-bond acceptors (Lipinski definition) is 5. The van der Waals surface area contributed by atoms with E-state index in [0.717, 1.165) is 38.5 Å². The van der Waals surface area contributed by atoms with Crippen LogP contribution in [0.1, 0.15) is 45.4 Å². The van der Waals surface area contributed by atoms with Gasteiger partial charge in [0, 0.05) is 32.2 Å². The number of nitrogens with zero attached hydrogens (tertiary/aromatic N) is 2. The summed E-state index contributed by atoms with van der Waals surface area (Å²) < 4.78 is 5.35. The van der Waals surface area contributed by atoms with E-state index in [9.17, 15) is 9.59 Å². The fraction of sp³-hybridized carbons (Fsp3) is 0.652. The van der Waals surface area contributed by atoms with E-state index in [-0.39, 0.29) is 11.8 Å². The Morgan fingerprint density at radius 2 is 1.73 bits per heavy atom. The standard InChI is InChI=1S/C23H36N4O3/c1-18(28)24-20-9-10-22(30-2)21(15-20)25-23(29)17-27-12-6-11-26(13-14-27)16-19-7-4-3-5-8-19/h9-10,15,19H,3-8,11-14,16-17H2,1-2H3,(H,24,28)(H,25,29). The number of amides is 2. The lowest BCUT2D eigenvalue weighted by molar-refractivity contribution is -0.117. The van der Waals surface area contributed by atoms with E-state index >= 15 is 0 Å². The zero-order valence-corrected chi connectivity index (χ0v) is 18.4. The molecule has 0 spiro atoms. The van der Waals surface area contributed by atoms with Crippen molar-refractivity contribution < 1.29 is 14.3 Å². The van der Waals surface area contributed by atoms with Crippen LogP contribution < -0.4 is 15.4 Å². The summed E-state index contributed by atoms with van der Waals surface area (Å²) in [5, 5.41) is 5.69. The fourth-order valence-electron chi connectivity index (χ4n) is 4.58. The van der Waals surface area contributed by atoms with E-state index in [0.29, 0.717) is 23.7 Å². The van der Waals surface area contributed by atoms with Gasteiger partial charge in [-0.15, -0.1) is 0 Å². The number of anilines is 2. The van der Waals surface area contributed by atoms with Gasteiger partial charge >= 0.3 is 0 Å². The molecule has 0 radical (unpaired) electrons. The molecule has 1 heterocycles. The molecule has 0 aromatic heterocycles. The summed E-state index contributed by atoms with van der Waals surface area (Å²) in [6, 6.07) is 5.23. The summed E-state index contributed by atoms with van der Waals surface area (Å²) in [5.74, 6) is 1.22. The SMILES string of the molecule is COc1ccc(NC(C)=O)cc1NC(=O)CN1CCCN(CC2CCCCC2)CC1. The molecule has 1 aromatic carbocycles. The lowest BCUT2D eigenvalue weighted by atomic mass is 9.89. The molecule has 1 saturated heterocycles. The molecular weight excluding hydrogens is 380 g/mol. The third kappa shape index (κ3) is 6.99. The van der Waals surface area contributed by atoms with E-state index < -0.39 is 0 Å². The normalized spacial score (nSPS) is 19.1. The van der Waals surface area contributed by atoms with Gasteiger partial charge in [-0.1, -0.05) is 19.3 Å². The van der Waals surface area contributed by atoms with E-state index in [1.165, 1.54) is 45.6 Å². The van der Waals surface area contributed by atoms with Crippen molar-refractivity contribution in [2.24, 2.45) is 5.92 Å². The van der Waals surface area contributed by atoms with Gasteiger partial charge in [0.2, 0.25) is 11.8 Å². The van der Waals surface area contributed by atoms with E-state index in [2.05, 4.69) is 20.4 Å². The lowest BCUT2D eigenvalue weighted by Gasteiger charge is -2.28. The van der Waals surface area contributed by atoms with Gasteiger partial charge in [-0.25, -0.2) is 0 Å². The van der Waals surface area contributed by atoms with Crippen LogP contribution in [-0.2, 0) is 9.59 Å². The Morgan fingerprint density at radius 1 is 1.00 bits per heavy atom. The smallest absolute Gasteiger partial charge is 0.238 e. The van der Waals surface area contributed by atoms with Gasteiger partial charge < -0.3 is 20.3 Å². The number of methoxy groups -OCH3 is 1. The van der Waals surface area contributed by atoms with Gasteiger partial charge in [-0.2, -0.15) is 0 Å². The third-order valence-electron chi connectivity index (χ3n) is 6.08. The summed E-state index contributed by atoms with van der Waals surface area (Å²) in [7, 11) is 1.57. The second-order valence-electron chi connectivity index (χ2n) is 8.58. The van der Waals surface area contributed by atoms with E-state index in [1.54, 1.807) is 25.3 Å². The van der Waals surface area contributed by atoms with Crippen LogP contribution in [0, 0.1) is 5.92 Å². The molecule has 7 nitrogen and oxygen atoms in total. The van der Waals surface area contributed by atoms with Gasteiger partial charge in [0.05, 0.1) is 19.3 Å². The molecule has 0 bridgehead atoms. The van der Waals surface area contributed by atoms with Gasteiger partial charge in [0.1, 0.15) is 5.75 Å². The molecule has 0 atom stereocenters. The molecule has 2 fully saturated rings. The van der Waals surface area contributed by atoms with Crippen molar-refractivity contribution in [1.29, 1.82) is 0 Å². The Balaban J connectivity index is 1.50. The Labute approximate surface area is 180 Å². The molecule has 7 heteroatoms. The second-order valence-corrected chi connectivity index (χ2v) is 8.58. The van der Waals surface area contributed by atoms with Crippen molar-refractivity contribution >= 4 is 23.2 Å². The molecule has 0 unspecified atom stereocenters. The van der Waals surface area contributed by atoms with Gasteiger partial charge in [-0.3, -0.25) is 14.5 Å². The number of carbonyl (C=O) groups is 2. The van der Waals surface area contributed by atoms with Crippen molar-refractivity contribution in [2.45, 2.75) is 45.4 Å². The summed E-state index contributed by atoms with van der Waals surface area (Å²) in [5.41, 5.74) is 1.20. The van der Waals surface area contributed by atoms with E-state index in [4.69, 9.17) is 4.74 Å². The Hall–Kier alpha value is -2.12. The molecular formula is C23H36N4O3. The highest BCUT2D eigenvalue weighted by atomic mass is 16.5. The lowest BCUT2D eigenvalue weighted by Crippen LogP contribution is -2.37. The van der Waals surface area contributed by atoms with Crippen molar-refractivity contribution in [3.05, 3.63) is 18.2 Å². The molecule has 1 aliphatic carbocycles. The molecule has 166 valence electrons. The number of nitrogens with one attached hydrogen (secondary N) is 2. The first-order valence-electron chi connectivity index (χ1n) is 11.2. The Kier molecular flexibility index (Phi) is 8.51. The Morgan fingerprint density at radius 3 is 2.47 bits per heavy atom. The average molecular weight is 417 g/mol. The van der Waals surface area contributed by atoms with Crippen molar-refractivity contribution in [3.8, 4) is 5.75 Å². The quantitative estimate of drug-likeness (QED) is 0.714. The van der Waals surface area contributed by atoms with Gasteiger partial charge in [0.15, 0.2) is 0 Å². The fourth-order valence-corrected chi connectivity index (χ4v) is 4.58. The highest BCUT2D eigenvalue weighted by Crippen LogP contribution is 2.28. The predicted octanol–water partition coefficient (Wildman–Crippen LogP) is 3.18. The molecule has 1 saturated carbocycles. The third-order valence-corrected chi connectivity index (χ3v) is 6.08. The first kappa shape index (κ1) is 22.6. The number of benzene rings is 1. The number of rotatable bonds is 7. The summed E-state index contributed by atoms with van der Waals surface area (Å²) >= 11 is 0. The topological polar surface area (TPSA) is 73.9 Å². The predicted molar refractivity (Wildman–Crippen MR) is 120 cm³/mol. The van der Waals surface area contributed by atoms with Crippen LogP contribution in [0.15, 0.2) is 18.2 Å². The second kappa shape index (κ2) is 11.3. The van der Waals surface area contributed by atoms with Crippen molar-refractivity contribution in [2.75, 3.05) is 57.0 Å². The van der Waals surface area contributed by atoms with Crippen LogP contribution in [0.2, 0.25) is 0 Å². The number of hydrogen-bond donors (Lipinski definition) is 2. The average Bonchev–Trinajstić information content (AvgIpc) is 2.93. The van der Waals surface area contributed by atoms with Crippen LogP contribution in [0.4, 0.5) is 11.4 Å². The highest BCUT2D eigenvalue weighted by molar-refractivity contribution is 5.95. The molecule has 2 aliphatic rings. The molecule has 30 heavy (non-hydrogen) atoms. The maximum absolute atomic E-state index is 12.7. The van der Waals surface area contributed by atoms with Crippen LogP contribution in [0.25, 0.3) is 0 Å². The molecule has 1 aromatic rings. The van der Waals surface area contributed by atoms with Crippen LogP contribution >= 0.6 is 0 Å². The summed E-state index contributed by atoms with van der Waals surface area (Å²) in [4.78, 5) is 28.8. The monoisotopic (exact) mass is 416 g/mol. The minimum atomic E-state index is -0.153. The van der Waals surface area contributed by atoms with Crippen LogP contribution in [0.5, 0.6) is 5.75 Å².